The second kappa shape index (κ2) is 13.3. The van der Waals surface area contributed by atoms with Crippen molar-refractivity contribution < 1.29 is 23.0 Å². The number of nitrogens with zero attached hydrogens (tertiary/aromatic N) is 7. The lowest BCUT2D eigenvalue weighted by molar-refractivity contribution is -0.119. The molecule has 1 amide bonds. The molecule has 4 aromatic heterocycles. The molecule has 2 unspecified atom stereocenters. The van der Waals surface area contributed by atoms with Crippen molar-refractivity contribution >= 4 is 23.2 Å². The molecular weight excluding hydrogens is 634 g/mol. The molecule has 47 heavy (non-hydrogen) atoms. The van der Waals surface area contributed by atoms with Gasteiger partial charge < -0.3 is 19.4 Å². The van der Waals surface area contributed by atoms with Gasteiger partial charge in [0.25, 0.3) is 11.4 Å². The summed E-state index contributed by atoms with van der Waals surface area (Å²) in [6, 6.07) is 9.21. The Balaban J connectivity index is 1.48. The minimum atomic E-state index is -2.95. The van der Waals surface area contributed by atoms with Crippen LogP contribution in [0.25, 0.3) is 28.1 Å². The summed E-state index contributed by atoms with van der Waals surface area (Å²) in [5, 5.41) is 15.2. The van der Waals surface area contributed by atoms with Crippen LogP contribution in [-0.4, -0.2) is 53.9 Å². The van der Waals surface area contributed by atoms with E-state index in [1.54, 1.807) is 49.6 Å². The summed E-state index contributed by atoms with van der Waals surface area (Å²) in [7, 11) is 1.49. The fraction of sp³-hybridized carbons (Fsp3) is 0.312. The van der Waals surface area contributed by atoms with Crippen LogP contribution in [0.15, 0.2) is 66.0 Å². The summed E-state index contributed by atoms with van der Waals surface area (Å²) in [4.78, 5) is 31.6. The highest BCUT2D eigenvalue weighted by Gasteiger charge is 2.27. The third-order valence-electron chi connectivity index (χ3n) is 8.06. The Morgan fingerprint density at radius 1 is 1.11 bits per heavy atom. The molecule has 0 fully saturated rings. The maximum Gasteiger partial charge on any atom is 0.333 e. The number of methoxy groups -OCH3 is 1. The van der Waals surface area contributed by atoms with Gasteiger partial charge in [-0.05, 0) is 50.1 Å². The number of aromatic nitrogens is 7. The lowest BCUT2D eigenvalue weighted by atomic mass is 9.96. The average Bonchev–Trinajstić information content (AvgIpc) is 3.70. The lowest BCUT2D eigenvalue weighted by Crippen LogP contribution is -2.27. The Bertz CT molecular complexity index is 1990. The monoisotopic (exact) mass is 664 g/mol. The molecule has 1 aromatic carbocycles. The number of ether oxygens (including phenoxy) is 2. The van der Waals surface area contributed by atoms with Crippen LogP contribution < -0.4 is 20.3 Å². The highest BCUT2D eigenvalue weighted by molar-refractivity contribution is 6.31. The first kappa shape index (κ1) is 31.9. The molecule has 2 atom stereocenters. The molecule has 0 spiro atoms. The minimum Gasteiger partial charge on any atom is -0.495 e. The fourth-order valence-corrected chi connectivity index (χ4v) is 5.92. The Morgan fingerprint density at radius 3 is 2.70 bits per heavy atom. The molecule has 0 saturated heterocycles. The number of fused-ring (bicyclic) bond motifs is 4. The second-order valence-electron chi connectivity index (χ2n) is 11.0. The van der Waals surface area contributed by atoms with Crippen molar-refractivity contribution in [1.29, 1.82) is 0 Å². The van der Waals surface area contributed by atoms with Crippen LogP contribution in [0.1, 0.15) is 51.4 Å². The van der Waals surface area contributed by atoms with Crippen molar-refractivity contribution in [3.63, 3.8) is 0 Å². The second-order valence-corrected chi connectivity index (χ2v) is 11.5. The topological polar surface area (TPSA) is 131 Å². The average molecular weight is 665 g/mol. The summed E-state index contributed by atoms with van der Waals surface area (Å²) in [5.41, 5.74) is 2.29. The van der Waals surface area contributed by atoms with Crippen molar-refractivity contribution in [2.24, 2.45) is 5.92 Å². The quantitative estimate of drug-likeness (QED) is 0.219. The van der Waals surface area contributed by atoms with Crippen molar-refractivity contribution in [3.05, 3.63) is 82.3 Å². The number of benzene rings is 1. The van der Waals surface area contributed by atoms with Gasteiger partial charge in [-0.3, -0.25) is 14.6 Å². The summed E-state index contributed by atoms with van der Waals surface area (Å²) in [6.07, 6.45) is 7.41. The Hall–Kier alpha value is -5.11. The number of pyridine rings is 2. The molecule has 1 N–H and O–H groups in total. The summed E-state index contributed by atoms with van der Waals surface area (Å²) in [5.74, 6) is -0.0401. The fourth-order valence-electron chi connectivity index (χ4n) is 5.75. The standard InChI is InChI=1S/C32H31ClF2N8O4/c1-4-47-28-17-42(40-39-28)25-9-8-20(33)13-21(25)22-14-29(44)41(16-27(22)46-3)26-7-5-6-18(2)31(45)38-24-15-37-43(32(34)35)30(24)19-10-11-36-23(26)12-19/h8-18,26,32H,4-7H2,1-3H3,(H,38,45). The smallest absolute Gasteiger partial charge is 0.333 e. The molecule has 12 nitrogen and oxygen atoms in total. The molecule has 244 valence electrons. The molecule has 0 saturated carbocycles. The Labute approximate surface area is 272 Å². The normalized spacial score (nSPS) is 16.6. The predicted molar refractivity (Wildman–Crippen MR) is 170 cm³/mol. The summed E-state index contributed by atoms with van der Waals surface area (Å²) >= 11 is 6.42. The first-order valence-corrected chi connectivity index (χ1v) is 15.3. The van der Waals surface area contributed by atoms with E-state index in [0.717, 1.165) is 0 Å². The van der Waals surface area contributed by atoms with Gasteiger partial charge in [0.15, 0.2) is 0 Å². The number of hydrogen-bond donors (Lipinski definition) is 1. The molecule has 5 heterocycles. The van der Waals surface area contributed by atoms with Crippen LogP contribution in [0.2, 0.25) is 5.02 Å². The van der Waals surface area contributed by atoms with E-state index in [-0.39, 0.29) is 22.8 Å². The third kappa shape index (κ3) is 6.32. The number of nitrogens with one attached hydrogen (secondary N) is 1. The Kier molecular flexibility index (Phi) is 9.03. The first-order chi connectivity index (χ1) is 22.7. The van der Waals surface area contributed by atoms with Gasteiger partial charge in [-0.2, -0.15) is 13.9 Å². The van der Waals surface area contributed by atoms with Crippen molar-refractivity contribution in [2.75, 3.05) is 19.0 Å². The number of hydrogen-bond acceptors (Lipinski definition) is 8. The van der Waals surface area contributed by atoms with Crippen LogP contribution in [-0.2, 0) is 4.79 Å². The van der Waals surface area contributed by atoms with Gasteiger partial charge in [0, 0.05) is 39.9 Å². The number of carbonyl (C=O) groups excluding carboxylic acids is 1. The van der Waals surface area contributed by atoms with Gasteiger partial charge in [-0.15, -0.1) is 0 Å². The van der Waals surface area contributed by atoms with E-state index < -0.39 is 18.5 Å². The van der Waals surface area contributed by atoms with Crippen molar-refractivity contribution in [3.8, 4) is 39.7 Å². The molecule has 5 aromatic rings. The zero-order chi connectivity index (χ0) is 33.2. The predicted octanol–water partition coefficient (Wildman–Crippen LogP) is 6.16. The molecule has 0 radical (unpaired) electrons. The number of anilines is 1. The van der Waals surface area contributed by atoms with Gasteiger partial charge in [-0.1, -0.05) is 35.3 Å². The molecule has 15 heteroatoms. The Morgan fingerprint density at radius 2 is 1.94 bits per heavy atom. The first-order valence-electron chi connectivity index (χ1n) is 15.0. The van der Waals surface area contributed by atoms with Crippen molar-refractivity contribution in [2.45, 2.75) is 45.7 Å². The molecule has 0 aliphatic carbocycles. The van der Waals surface area contributed by atoms with Crippen LogP contribution in [0.4, 0.5) is 14.5 Å². The molecular formula is C32H31ClF2N8O4. The van der Waals surface area contributed by atoms with Crippen LogP contribution in [0.5, 0.6) is 11.6 Å². The van der Waals surface area contributed by atoms with Gasteiger partial charge in [-0.25, -0.2) is 9.36 Å². The summed E-state index contributed by atoms with van der Waals surface area (Å²) < 4.78 is 42.9. The lowest BCUT2D eigenvalue weighted by Gasteiger charge is -2.24. The largest absolute Gasteiger partial charge is 0.495 e. The number of halogens is 3. The maximum atomic E-state index is 14.0. The zero-order valence-corrected chi connectivity index (χ0v) is 26.5. The minimum absolute atomic E-state index is 0.0397. The van der Waals surface area contributed by atoms with E-state index in [2.05, 4.69) is 25.7 Å². The van der Waals surface area contributed by atoms with Crippen LogP contribution in [0.3, 0.4) is 0 Å². The molecule has 1 aliphatic heterocycles. The molecule has 1 aliphatic rings. The zero-order valence-electron chi connectivity index (χ0n) is 25.7. The number of amides is 1. The van der Waals surface area contributed by atoms with E-state index in [0.29, 0.717) is 75.3 Å². The highest BCUT2D eigenvalue weighted by Crippen LogP contribution is 2.38. The molecule has 6 rings (SSSR count). The third-order valence-corrected chi connectivity index (χ3v) is 8.29. The summed E-state index contributed by atoms with van der Waals surface area (Å²) in [6.45, 7) is 1.07. The SMILES string of the molecule is CCOc1cn(-c2ccc(Cl)cc2-c2cc(=O)n(C3CCCC(C)C(=O)Nc4cnn(C(F)F)c4-c4ccnc3c4)cc2OC)nn1. The highest BCUT2D eigenvalue weighted by atomic mass is 35.5. The van der Waals surface area contributed by atoms with Gasteiger partial charge in [0.05, 0.1) is 61.1 Å². The molecule has 2 bridgehead atoms. The van der Waals surface area contributed by atoms with E-state index >= 15 is 0 Å². The van der Waals surface area contributed by atoms with Gasteiger partial charge in [0.2, 0.25) is 5.91 Å². The van der Waals surface area contributed by atoms with E-state index in [4.69, 9.17) is 21.1 Å². The number of carbonyl (C=O) groups is 1. The number of alkyl halides is 2. The van der Waals surface area contributed by atoms with E-state index in [1.807, 2.05) is 6.92 Å². The van der Waals surface area contributed by atoms with E-state index in [1.165, 1.54) is 34.8 Å². The van der Waals surface area contributed by atoms with Gasteiger partial charge >= 0.3 is 6.55 Å². The van der Waals surface area contributed by atoms with Crippen molar-refractivity contribution in [1.82, 2.24) is 34.3 Å². The van der Waals surface area contributed by atoms with Gasteiger partial charge in [0.1, 0.15) is 5.75 Å². The van der Waals surface area contributed by atoms with Crippen LogP contribution in [0, 0.1) is 5.92 Å². The number of rotatable bonds is 7. The maximum absolute atomic E-state index is 14.0. The van der Waals surface area contributed by atoms with E-state index in [9.17, 15) is 18.4 Å². The van der Waals surface area contributed by atoms with Crippen LogP contribution >= 0.6 is 11.6 Å².